The van der Waals surface area contributed by atoms with Gasteiger partial charge in [0.15, 0.2) is 0 Å². The lowest BCUT2D eigenvalue weighted by Gasteiger charge is -2.20. The maximum Gasteiger partial charge on any atom is 0.259 e. The minimum atomic E-state index is -3.65. The Bertz CT molecular complexity index is 949. The van der Waals surface area contributed by atoms with Gasteiger partial charge in [0.2, 0.25) is 10.0 Å². The van der Waals surface area contributed by atoms with Gasteiger partial charge in [0.05, 0.1) is 17.6 Å². The molecule has 1 heterocycles. The van der Waals surface area contributed by atoms with Crippen LogP contribution in [-0.4, -0.2) is 38.8 Å². The maximum atomic E-state index is 13.1. The highest BCUT2D eigenvalue weighted by atomic mass is 32.2. The van der Waals surface area contributed by atoms with Gasteiger partial charge in [-0.15, -0.1) is 0 Å². The molecule has 7 heteroatoms. The van der Waals surface area contributed by atoms with Crippen LogP contribution in [0.5, 0.6) is 5.75 Å². The van der Waals surface area contributed by atoms with E-state index in [2.05, 4.69) is 5.32 Å². The third-order valence-electron chi connectivity index (χ3n) is 4.89. The van der Waals surface area contributed by atoms with E-state index >= 15 is 0 Å². The largest absolute Gasteiger partial charge is 0.496 e. The SMILES string of the molecule is COc1ccc(S(=O)(=O)N2CCCCCC2)cc1C(=O)Nc1cccc(C)c1. The molecule has 1 amide bonds. The molecule has 0 radical (unpaired) electrons. The lowest BCUT2D eigenvalue weighted by molar-refractivity contribution is 0.102. The molecule has 0 unspecified atom stereocenters. The van der Waals surface area contributed by atoms with Crippen LogP contribution in [0.15, 0.2) is 47.4 Å². The van der Waals surface area contributed by atoms with Gasteiger partial charge in [-0.3, -0.25) is 4.79 Å². The van der Waals surface area contributed by atoms with Crippen molar-refractivity contribution >= 4 is 21.6 Å². The molecule has 0 bridgehead atoms. The summed E-state index contributed by atoms with van der Waals surface area (Å²) in [4.78, 5) is 12.9. The molecular weight excluding hydrogens is 376 g/mol. The van der Waals surface area contributed by atoms with Gasteiger partial charge in [0.25, 0.3) is 5.91 Å². The zero-order chi connectivity index (χ0) is 20.1. The molecule has 1 saturated heterocycles. The fourth-order valence-electron chi connectivity index (χ4n) is 3.38. The van der Waals surface area contributed by atoms with Crippen LogP contribution < -0.4 is 10.1 Å². The Morgan fingerprint density at radius 1 is 1.04 bits per heavy atom. The summed E-state index contributed by atoms with van der Waals surface area (Å²) < 4.78 is 33.0. The number of nitrogens with one attached hydrogen (secondary N) is 1. The van der Waals surface area contributed by atoms with Gasteiger partial charge in [0.1, 0.15) is 5.75 Å². The summed E-state index contributed by atoms with van der Waals surface area (Å²) in [5, 5.41) is 2.81. The van der Waals surface area contributed by atoms with Crippen LogP contribution >= 0.6 is 0 Å². The van der Waals surface area contributed by atoms with Crippen LogP contribution in [0, 0.1) is 6.92 Å². The number of amides is 1. The van der Waals surface area contributed by atoms with Crippen LogP contribution in [-0.2, 0) is 10.0 Å². The average Bonchev–Trinajstić information content (AvgIpc) is 2.97. The summed E-state index contributed by atoms with van der Waals surface area (Å²) >= 11 is 0. The third-order valence-corrected chi connectivity index (χ3v) is 6.79. The number of nitrogens with zero attached hydrogens (tertiary/aromatic N) is 1. The molecule has 2 aromatic rings. The standard InChI is InChI=1S/C21H26N2O4S/c1-16-8-7-9-17(14-16)22-21(24)19-15-18(10-11-20(19)27-2)28(25,26)23-12-5-3-4-6-13-23/h7-11,14-15H,3-6,12-13H2,1-2H3,(H,22,24). The van der Waals surface area contributed by atoms with E-state index in [0.717, 1.165) is 31.2 Å². The molecule has 1 fully saturated rings. The summed E-state index contributed by atoms with van der Waals surface area (Å²) in [5.41, 5.74) is 1.86. The highest BCUT2D eigenvalue weighted by molar-refractivity contribution is 7.89. The van der Waals surface area contributed by atoms with Crippen molar-refractivity contribution in [3.8, 4) is 5.75 Å². The van der Waals surface area contributed by atoms with E-state index in [1.165, 1.54) is 29.6 Å². The number of rotatable bonds is 5. The zero-order valence-electron chi connectivity index (χ0n) is 16.3. The van der Waals surface area contributed by atoms with Crippen molar-refractivity contribution in [1.82, 2.24) is 4.31 Å². The molecule has 1 aliphatic heterocycles. The Morgan fingerprint density at radius 2 is 1.75 bits per heavy atom. The van der Waals surface area contributed by atoms with Crippen LogP contribution in [0.3, 0.4) is 0 Å². The lowest BCUT2D eigenvalue weighted by atomic mass is 10.1. The first-order chi connectivity index (χ1) is 13.4. The lowest BCUT2D eigenvalue weighted by Crippen LogP contribution is -2.32. The van der Waals surface area contributed by atoms with Gasteiger partial charge >= 0.3 is 0 Å². The number of carbonyl (C=O) groups excluding carboxylic acids is 1. The summed E-state index contributed by atoms with van der Waals surface area (Å²) in [5.74, 6) is -0.0738. The summed E-state index contributed by atoms with van der Waals surface area (Å²) in [6, 6.07) is 11.9. The molecule has 0 aromatic heterocycles. The minimum absolute atomic E-state index is 0.115. The number of anilines is 1. The number of methoxy groups -OCH3 is 1. The van der Waals surface area contributed by atoms with E-state index in [0.29, 0.717) is 24.5 Å². The summed E-state index contributed by atoms with van der Waals surface area (Å²) in [6.45, 7) is 2.96. The van der Waals surface area contributed by atoms with E-state index in [-0.39, 0.29) is 10.5 Å². The summed E-state index contributed by atoms with van der Waals surface area (Å²) in [7, 11) is -2.19. The predicted molar refractivity (Wildman–Crippen MR) is 109 cm³/mol. The Kier molecular flexibility index (Phi) is 6.36. The van der Waals surface area contributed by atoms with Crippen molar-refractivity contribution < 1.29 is 17.9 Å². The van der Waals surface area contributed by atoms with E-state index in [4.69, 9.17) is 4.74 Å². The van der Waals surface area contributed by atoms with E-state index < -0.39 is 15.9 Å². The molecule has 2 aromatic carbocycles. The molecule has 28 heavy (non-hydrogen) atoms. The van der Waals surface area contributed by atoms with Crippen LogP contribution in [0.1, 0.15) is 41.6 Å². The van der Waals surface area contributed by atoms with Crippen molar-refractivity contribution in [2.24, 2.45) is 0 Å². The molecule has 150 valence electrons. The normalized spacial score (nSPS) is 15.6. The molecule has 0 aliphatic carbocycles. The zero-order valence-corrected chi connectivity index (χ0v) is 17.1. The number of sulfonamides is 1. The Labute approximate surface area is 166 Å². The molecule has 6 nitrogen and oxygen atoms in total. The number of benzene rings is 2. The highest BCUT2D eigenvalue weighted by Crippen LogP contribution is 2.27. The van der Waals surface area contributed by atoms with Gasteiger partial charge in [-0.2, -0.15) is 4.31 Å². The fraction of sp³-hybridized carbons (Fsp3) is 0.381. The minimum Gasteiger partial charge on any atom is -0.496 e. The first-order valence-corrected chi connectivity index (χ1v) is 10.9. The van der Waals surface area contributed by atoms with Crippen LogP contribution in [0.4, 0.5) is 5.69 Å². The quantitative estimate of drug-likeness (QED) is 0.825. The maximum absolute atomic E-state index is 13.1. The van der Waals surface area contributed by atoms with Gasteiger partial charge in [-0.25, -0.2) is 8.42 Å². The number of hydrogen-bond donors (Lipinski definition) is 1. The van der Waals surface area contributed by atoms with E-state index in [1.807, 2.05) is 25.1 Å². The van der Waals surface area contributed by atoms with Gasteiger partial charge in [-0.05, 0) is 55.7 Å². The second kappa shape index (κ2) is 8.75. The van der Waals surface area contributed by atoms with Crippen molar-refractivity contribution in [3.63, 3.8) is 0 Å². The van der Waals surface area contributed by atoms with Crippen LogP contribution in [0.25, 0.3) is 0 Å². The second-order valence-corrected chi connectivity index (χ2v) is 8.94. The topological polar surface area (TPSA) is 75.7 Å². The smallest absolute Gasteiger partial charge is 0.259 e. The van der Waals surface area contributed by atoms with Gasteiger partial charge in [-0.1, -0.05) is 25.0 Å². The molecule has 0 atom stereocenters. The predicted octanol–water partition coefficient (Wildman–Crippen LogP) is 3.82. The number of aryl methyl sites for hydroxylation is 1. The first-order valence-electron chi connectivity index (χ1n) is 9.48. The van der Waals surface area contributed by atoms with Gasteiger partial charge in [0, 0.05) is 18.8 Å². The Balaban J connectivity index is 1.92. The van der Waals surface area contributed by atoms with E-state index in [1.54, 1.807) is 6.07 Å². The number of hydrogen-bond acceptors (Lipinski definition) is 4. The number of ether oxygens (including phenoxy) is 1. The van der Waals surface area contributed by atoms with Crippen LogP contribution in [0.2, 0.25) is 0 Å². The Hall–Kier alpha value is -2.38. The molecule has 0 spiro atoms. The average molecular weight is 403 g/mol. The molecular formula is C21H26N2O4S. The fourth-order valence-corrected chi connectivity index (χ4v) is 4.92. The molecule has 1 aliphatic rings. The number of carbonyl (C=O) groups is 1. The second-order valence-electron chi connectivity index (χ2n) is 7.00. The van der Waals surface area contributed by atoms with Crippen molar-refractivity contribution in [3.05, 3.63) is 53.6 Å². The monoisotopic (exact) mass is 402 g/mol. The van der Waals surface area contributed by atoms with Crippen molar-refractivity contribution in [2.75, 3.05) is 25.5 Å². The van der Waals surface area contributed by atoms with Crippen molar-refractivity contribution in [1.29, 1.82) is 0 Å². The Morgan fingerprint density at radius 3 is 2.39 bits per heavy atom. The van der Waals surface area contributed by atoms with Gasteiger partial charge < -0.3 is 10.1 Å². The third kappa shape index (κ3) is 4.54. The summed E-state index contributed by atoms with van der Waals surface area (Å²) in [6.07, 6.45) is 3.80. The molecule has 1 N–H and O–H groups in total. The van der Waals surface area contributed by atoms with Crippen molar-refractivity contribution in [2.45, 2.75) is 37.5 Å². The highest BCUT2D eigenvalue weighted by Gasteiger charge is 2.27. The van der Waals surface area contributed by atoms with E-state index in [9.17, 15) is 13.2 Å². The molecule has 3 rings (SSSR count). The molecule has 0 saturated carbocycles. The first kappa shape index (κ1) is 20.4.